The lowest BCUT2D eigenvalue weighted by Gasteiger charge is -2.24. The summed E-state index contributed by atoms with van der Waals surface area (Å²) in [6.07, 6.45) is 0.636. The molecular formula is C20H39N3O4. The molecule has 0 unspecified atom stereocenters. The first-order chi connectivity index (χ1) is 12.5. The number of hydrogen-bond acceptors (Lipinski definition) is 6. The van der Waals surface area contributed by atoms with Gasteiger partial charge in [-0.1, -0.05) is 41.5 Å². The van der Waals surface area contributed by atoms with Crippen molar-refractivity contribution in [2.24, 2.45) is 17.6 Å². The van der Waals surface area contributed by atoms with Crippen LogP contribution >= 0.6 is 0 Å². The van der Waals surface area contributed by atoms with Gasteiger partial charge in [-0.25, -0.2) is 0 Å². The van der Waals surface area contributed by atoms with Gasteiger partial charge < -0.3 is 5.73 Å². The summed E-state index contributed by atoms with van der Waals surface area (Å²) in [6, 6.07) is 0. The van der Waals surface area contributed by atoms with Crippen molar-refractivity contribution in [2.45, 2.75) is 54.9 Å². The van der Waals surface area contributed by atoms with Crippen molar-refractivity contribution in [3.8, 4) is 0 Å². The Morgan fingerprint density at radius 1 is 0.741 bits per heavy atom. The molecule has 0 spiro atoms. The zero-order valence-corrected chi connectivity index (χ0v) is 18.2. The molecule has 0 fully saturated rings. The molecule has 0 radical (unpaired) electrons. The van der Waals surface area contributed by atoms with E-state index < -0.39 is 5.91 Å². The van der Waals surface area contributed by atoms with Crippen molar-refractivity contribution < 1.29 is 19.2 Å². The van der Waals surface area contributed by atoms with Gasteiger partial charge in [-0.15, -0.1) is 0 Å². The number of amides is 1. The van der Waals surface area contributed by atoms with E-state index in [9.17, 15) is 19.2 Å². The van der Waals surface area contributed by atoms with E-state index in [2.05, 4.69) is 0 Å². The van der Waals surface area contributed by atoms with Crippen molar-refractivity contribution in [3.63, 3.8) is 0 Å². The van der Waals surface area contributed by atoms with E-state index in [0.717, 1.165) is 0 Å². The fraction of sp³-hybridized carbons (Fsp3) is 0.800. The lowest BCUT2D eigenvalue weighted by molar-refractivity contribution is -0.125. The van der Waals surface area contributed by atoms with Gasteiger partial charge in [0.1, 0.15) is 17.3 Å². The summed E-state index contributed by atoms with van der Waals surface area (Å²) in [5, 5.41) is 0. The summed E-state index contributed by atoms with van der Waals surface area (Å²) in [5.41, 5.74) is 5.25. The van der Waals surface area contributed by atoms with Gasteiger partial charge in [-0.05, 0) is 13.3 Å². The second kappa shape index (κ2) is 15.5. The van der Waals surface area contributed by atoms with Gasteiger partial charge in [0.25, 0.3) is 0 Å². The zero-order valence-electron chi connectivity index (χ0n) is 18.2. The summed E-state index contributed by atoms with van der Waals surface area (Å²) in [6.45, 7) is 14.5. The van der Waals surface area contributed by atoms with Gasteiger partial charge >= 0.3 is 0 Å². The Hall–Kier alpha value is -1.60. The number of hydrogen-bond donors (Lipinski definition) is 1. The number of primary amides is 1. The minimum absolute atomic E-state index is 0.000494. The molecule has 0 heterocycles. The molecule has 0 aliphatic heterocycles. The first-order valence-electron chi connectivity index (χ1n) is 9.80. The van der Waals surface area contributed by atoms with Crippen molar-refractivity contribution in [2.75, 3.05) is 39.3 Å². The summed E-state index contributed by atoms with van der Waals surface area (Å²) >= 11 is 0. The van der Waals surface area contributed by atoms with Crippen LogP contribution < -0.4 is 5.73 Å². The largest absolute Gasteiger partial charge is 0.369 e. The second-order valence-corrected chi connectivity index (χ2v) is 7.19. The number of Topliss-reactive ketones (excluding diaryl/α,β-unsaturated/α-hetero) is 3. The minimum Gasteiger partial charge on any atom is -0.369 e. The average Bonchev–Trinajstić information content (AvgIpc) is 2.54. The van der Waals surface area contributed by atoms with Gasteiger partial charge in [0, 0.05) is 24.9 Å². The van der Waals surface area contributed by atoms with Crippen LogP contribution in [0.4, 0.5) is 0 Å². The molecule has 2 N–H and O–H groups in total. The van der Waals surface area contributed by atoms with Crippen LogP contribution in [-0.4, -0.2) is 72.3 Å². The molecule has 0 atom stereocenters. The van der Waals surface area contributed by atoms with Crippen LogP contribution in [0, 0.1) is 11.8 Å². The Morgan fingerprint density at radius 3 is 1.41 bits per heavy atom. The highest BCUT2D eigenvalue weighted by molar-refractivity contribution is 5.84. The third-order valence-electron chi connectivity index (χ3n) is 3.82. The third kappa shape index (κ3) is 15.2. The van der Waals surface area contributed by atoms with Gasteiger partial charge in [-0.2, -0.15) is 0 Å². The van der Waals surface area contributed by atoms with E-state index in [1.165, 1.54) is 6.92 Å². The summed E-state index contributed by atoms with van der Waals surface area (Å²) < 4.78 is 0. The molecule has 7 heteroatoms. The lowest BCUT2D eigenvalue weighted by atomic mass is 10.1. The maximum atomic E-state index is 11.9. The predicted octanol–water partition coefficient (Wildman–Crippen LogP) is 1.53. The van der Waals surface area contributed by atoms with Crippen molar-refractivity contribution in [1.29, 1.82) is 0 Å². The molecule has 0 saturated carbocycles. The fourth-order valence-electron chi connectivity index (χ4n) is 2.29. The molecule has 0 rings (SSSR count). The minimum atomic E-state index is -0.480. The molecule has 27 heavy (non-hydrogen) atoms. The highest BCUT2D eigenvalue weighted by Crippen LogP contribution is 2.03. The molecule has 0 aliphatic rings. The SMILES string of the molecule is CC.CC(=O)CN(CCCN(CC(N)=O)CC(=O)C(C)C)CC(=O)C(C)C. The predicted molar refractivity (Wildman–Crippen MR) is 108 cm³/mol. The first kappa shape index (κ1) is 27.6. The Labute approximate surface area is 164 Å². The maximum absolute atomic E-state index is 11.9. The topological polar surface area (TPSA) is 101 Å². The van der Waals surface area contributed by atoms with Crippen LogP contribution in [0.15, 0.2) is 0 Å². The van der Waals surface area contributed by atoms with Crippen LogP contribution in [0.5, 0.6) is 0 Å². The highest BCUT2D eigenvalue weighted by Gasteiger charge is 2.18. The van der Waals surface area contributed by atoms with Gasteiger partial charge in [0.05, 0.1) is 26.2 Å². The van der Waals surface area contributed by atoms with Crippen molar-refractivity contribution >= 4 is 23.3 Å². The molecular weight excluding hydrogens is 346 g/mol. The van der Waals surface area contributed by atoms with E-state index >= 15 is 0 Å². The maximum Gasteiger partial charge on any atom is 0.231 e. The number of carbonyl (C=O) groups excluding carboxylic acids is 4. The van der Waals surface area contributed by atoms with E-state index in [4.69, 9.17) is 5.73 Å². The molecule has 0 aliphatic carbocycles. The van der Waals surface area contributed by atoms with E-state index in [0.29, 0.717) is 19.5 Å². The molecule has 0 aromatic rings. The van der Waals surface area contributed by atoms with Gasteiger partial charge in [0.2, 0.25) is 5.91 Å². The van der Waals surface area contributed by atoms with Crippen LogP contribution in [0.3, 0.4) is 0 Å². The van der Waals surface area contributed by atoms with E-state index in [1.807, 2.05) is 46.4 Å². The first-order valence-corrected chi connectivity index (χ1v) is 9.80. The Kier molecular flexibility index (Phi) is 15.8. The molecule has 0 bridgehead atoms. The molecule has 158 valence electrons. The van der Waals surface area contributed by atoms with Gasteiger partial charge in [0.15, 0.2) is 0 Å². The highest BCUT2D eigenvalue weighted by atomic mass is 16.2. The number of nitrogens with two attached hydrogens (primary N) is 1. The summed E-state index contributed by atoms with van der Waals surface area (Å²) in [4.78, 5) is 50.0. The Morgan fingerprint density at radius 2 is 1.11 bits per heavy atom. The molecule has 1 amide bonds. The second-order valence-electron chi connectivity index (χ2n) is 7.19. The fourth-order valence-corrected chi connectivity index (χ4v) is 2.29. The van der Waals surface area contributed by atoms with Crippen LogP contribution in [0.2, 0.25) is 0 Å². The number of ketones is 3. The number of nitrogens with zero attached hydrogens (tertiary/aromatic N) is 2. The van der Waals surface area contributed by atoms with Gasteiger partial charge in [-0.3, -0.25) is 29.0 Å². The van der Waals surface area contributed by atoms with Crippen LogP contribution in [0.25, 0.3) is 0 Å². The quantitative estimate of drug-likeness (QED) is 0.487. The summed E-state index contributed by atoms with van der Waals surface area (Å²) in [5.74, 6) is -0.521. The van der Waals surface area contributed by atoms with E-state index in [-0.39, 0.29) is 55.4 Å². The Balaban J connectivity index is 0. The van der Waals surface area contributed by atoms with Crippen LogP contribution in [0.1, 0.15) is 54.9 Å². The van der Waals surface area contributed by atoms with E-state index in [1.54, 1.807) is 4.90 Å². The molecule has 7 nitrogen and oxygen atoms in total. The third-order valence-corrected chi connectivity index (χ3v) is 3.82. The van der Waals surface area contributed by atoms with Crippen LogP contribution in [-0.2, 0) is 19.2 Å². The molecule has 0 saturated heterocycles. The zero-order chi connectivity index (χ0) is 21.6. The number of carbonyl (C=O) groups is 4. The van der Waals surface area contributed by atoms with Crippen molar-refractivity contribution in [1.82, 2.24) is 9.80 Å². The number of rotatable bonds is 14. The molecule has 0 aromatic heterocycles. The van der Waals surface area contributed by atoms with Crippen molar-refractivity contribution in [3.05, 3.63) is 0 Å². The molecule has 0 aromatic carbocycles. The summed E-state index contributed by atoms with van der Waals surface area (Å²) in [7, 11) is 0. The average molecular weight is 386 g/mol. The normalized spacial score (nSPS) is 10.9. The lowest BCUT2D eigenvalue weighted by Crippen LogP contribution is -2.41. The Bertz CT molecular complexity index is 434. The smallest absolute Gasteiger partial charge is 0.231 e. The monoisotopic (exact) mass is 385 g/mol. The standard InChI is InChI=1S/C18H33N3O4.C2H6/c1-13(2)16(23)10-20(9-15(5)22)7-6-8-21(12-18(19)25)11-17(24)14(3)4;1-2/h13-14H,6-12H2,1-5H3,(H2,19,25);1-2H3.